The zero-order valence-electron chi connectivity index (χ0n) is 8.18. The third-order valence-electron chi connectivity index (χ3n) is 1.69. The summed E-state index contributed by atoms with van der Waals surface area (Å²) < 4.78 is 1.47. The third-order valence-corrected chi connectivity index (χ3v) is 1.69. The molecule has 0 radical (unpaired) electrons. The number of nitrogens with zero attached hydrogens (tertiary/aromatic N) is 3. The van der Waals surface area contributed by atoms with Crippen molar-refractivity contribution in [1.82, 2.24) is 20.1 Å². The van der Waals surface area contributed by atoms with Gasteiger partial charge in [0.15, 0.2) is 0 Å². The van der Waals surface area contributed by atoms with Gasteiger partial charge in [-0.3, -0.25) is 4.79 Å². The van der Waals surface area contributed by atoms with Crippen LogP contribution in [0.15, 0.2) is 12.7 Å². The van der Waals surface area contributed by atoms with Gasteiger partial charge in [-0.1, -0.05) is 0 Å². The van der Waals surface area contributed by atoms with Gasteiger partial charge < -0.3 is 11.1 Å². The number of hydrogen-bond donors (Lipinski definition) is 2. The Kier molecular flexibility index (Phi) is 4.06. The summed E-state index contributed by atoms with van der Waals surface area (Å²) in [7, 11) is 0. The molecule has 1 heterocycles. The first-order valence-electron chi connectivity index (χ1n) is 4.53. The first-order chi connectivity index (χ1) is 6.68. The number of hydrogen-bond acceptors (Lipinski definition) is 4. The first kappa shape index (κ1) is 10.6. The summed E-state index contributed by atoms with van der Waals surface area (Å²) in [4.78, 5) is 15.0. The van der Waals surface area contributed by atoms with Crippen molar-refractivity contribution in [2.24, 2.45) is 5.73 Å². The molecule has 6 nitrogen and oxygen atoms in total. The smallest absolute Gasteiger partial charge is 0.241 e. The minimum Gasteiger partial charge on any atom is -0.354 e. The van der Waals surface area contributed by atoms with E-state index in [0.29, 0.717) is 6.54 Å². The summed E-state index contributed by atoms with van der Waals surface area (Å²) in [6.07, 6.45) is 3.68. The van der Waals surface area contributed by atoms with E-state index >= 15 is 0 Å². The Morgan fingerprint density at radius 3 is 3.07 bits per heavy atom. The van der Waals surface area contributed by atoms with E-state index in [2.05, 4.69) is 15.4 Å². The quantitative estimate of drug-likeness (QED) is 0.642. The van der Waals surface area contributed by atoms with Crippen LogP contribution in [0, 0.1) is 0 Å². The van der Waals surface area contributed by atoms with E-state index in [4.69, 9.17) is 5.73 Å². The molecule has 78 valence electrons. The molecule has 0 fully saturated rings. The van der Waals surface area contributed by atoms with Crippen molar-refractivity contribution in [3.8, 4) is 0 Å². The molecule has 3 N–H and O–H groups in total. The van der Waals surface area contributed by atoms with Gasteiger partial charge in [0.1, 0.15) is 19.2 Å². The fraction of sp³-hybridized carbons (Fsp3) is 0.625. The fourth-order valence-corrected chi connectivity index (χ4v) is 0.957. The van der Waals surface area contributed by atoms with Crippen molar-refractivity contribution in [3.63, 3.8) is 0 Å². The lowest BCUT2D eigenvalue weighted by atomic mass is 10.2. The Labute approximate surface area is 82.5 Å². The average Bonchev–Trinajstić information content (AvgIpc) is 2.56. The van der Waals surface area contributed by atoms with Crippen LogP contribution in [-0.4, -0.2) is 33.3 Å². The molecule has 1 amide bonds. The van der Waals surface area contributed by atoms with Crippen molar-refractivity contribution in [2.45, 2.75) is 25.9 Å². The molecule has 6 heteroatoms. The van der Waals surface area contributed by atoms with E-state index in [9.17, 15) is 4.79 Å². The van der Waals surface area contributed by atoms with E-state index in [-0.39, 0.29) is 18.5 Å². The van der Waals surface area contributed by atoms with Crippen molar-refractivity contribution in [1.29, 1.82) is 0 Å². The summed E-state index contributed by atoms with van der Waals surface area (Å²) in [6, 6.07) is 0.113. The van der Waals surface area contributed by atoms with Crippen LogP contribution in [0.3, 0.4) is 0 Å². The summed E-state index contributed by atoms with van der Waals surface area (Å²) >= 11 is 0. The molecule has 0 aliphatic rings. The molecule has 1 rings (SSSR count). The van der Waals surface area contributed by atoms with Gasteiger partial charge in [-0.05, 0) is 13.3 Å². The van der Waals surface area contributed by atoms with E-state index in [1.807, 2.05) is 6.92 Å². The van der Waals surface area contributed by atoms with Crippen molar-refractivity contribution < 1.29 is 4.79 Å². The Balaban J connectivity index is 2.17. The maximum absolute atomic E-state index is 11.3. The number of carbonyl (C=O) groups excluding carboxylic acids is 1. The number of rotatable bonds is 5. The molecule has 0 saturated heterocycles. The van der Waals surface area contributed by atoms with Gasteiger partial charge in [0.05, 0.1) is 0 Å². The van der Waals surface area contributed by atoms with Crippen LogP contribution in [0.2, 0.25) is 0 Å². The van der Waals surface area contributed by atoms with Crippen LogP contribution in [-0.2, 0) is 11.3 Å². The summed E-state index contributed by atoms with van der Waals surface area (Å²) in [5.41, 5.74) is 5.54. The molecule has 0 saturated carbocycles. The second kappa shape index (κ2) is 5.33. The molecule has 1 aromatic rings. The highest BCUT2D eigenvalue weighted by molar-refractivity contribution is 5.75. The number of nitrogens with two attached hydrogens (primary N) is 1. The fourth-order valence-electron chi connectivity index (χ4n) is 0.957. The number of carbonyl (C=O) groups is 1. The largest absolute Gasteiger partial charge is 0.354 e. The maximum atomic E-state index is 11.3. The molecule has 0 aliphatic carbocycles. The maximum Gasteiger partial charge on any atom is 0.241 e. The van der Waals surface area contributed by atoms with E-state index in [1.165, 1.54) is 17.3 Å². The Morgan fingerprint density at radius 2 is 2.50 bits per heavy atom. The lowest BCUT2D eigenvalue weighted by Crippen LogP contribution is -2.31. The second-order valence-corrected chi connectivity index (χ2v) is 3.21. The Bertz CT molecular complexity index is 269. The van der Waals surface area contributed by atoms with Crippen LogP contribution in [0.5, 0.6) is 0 Å². The highest BCUT2D eigenvalue weighted by Crippen LogP contribution is 1.84. The van der Waals surface area contributed by atoms with E-state index < -0.39 is 0 Å². The standard InChI is InChI=1S/C8H15N5O/c1-7(9)2-3-11-8(14)4-13-6-10-5-12-13/h5-7H,2-4,9H2,1H3,(H,11,14). The lowest BCUT2D eigenvalue weighted by molar-refractivity contribution is -0.121. The van der Waals surface area contributed by atoms with Gasteiger partial charge in [-0.25, -0.2) is 9.67 Å². The van der Waals surface area contributed by atoms with Gasteiger partial charge in [0, 0.05) is 12.6 Å². The second-order valence-electron chi connectivity index (χ2n) is 3.21. The van der Waals surface area contributed by atoms with Crippen LogP contribution in [0.25, 0.3) is 0 Å². The summed E-state index contributed by atoms with van der Waals surface area (Å²) in [5, 5.41) is 6.56. The molecule has 0 aliphatic heterocycles. The van der Waals surface area contributed by atoms with Crippen LogP contribution < -0.4 is 11.1 Å². The molecule has 0 aromatic carbocycles. The molecular formula is C8H15N5O. The van der Waals surface area contributed by atoms with Crippen LogP contribution in [0.1, 0.15) is 13.3 Å². The molecule has 1 aromatic heterocycles. The Hall–Kier alpha value is -1.43. The van der Waals surface area contributed by atoms with Gasteiger partial charge in [-0.15, -0.1) is 0 Å². The molecule has 0 spiro atoms. The Morgan fingerprint density at radius 1 is 1.71 bits per heavy atom. The number of aromatic nitrogens is 3. The molecule has 1 unspecified atom stereocenters. The van der Waals surface area contributed by atoms with Gasteiger partial charge in [0.2, 0.25) is 5.91 Å². The third kappa shape index (κ3) is 3.99. The molecular weight excluding hydrogens is 182 g/mol. The van der Waals surface area contributed by atoms with Crippen LogP contribution in [0.4, 0.5) is 0 Å². The predicted molar refractivity (Wildman–Crippen MR) is 51.3 cm³/mol. The molecule has 1 atom stereocenters. The topological polar surface area (TPSA) is 85.8 Å². The van der Waals surface area contributed by atoms with Gasteiger partial charge in [-0.2, -0.15) is 5.10 Å². The zero-order chi connectivity index (χ0) is 10.4. The van der Waals surface area contributed by atoms with Crippen molar-refractivity contribution in [2.75, 3.05) is 6.54 Å². The first-order valence-corrected chi connectivity index (χ1v) is 4.53. The monoisotopic (exact) mass is 197 g/mol. The predicted octanol–water partition coefficient (Wildman–Crippen LogP) is -0.868. The highest BCUT2D eigenvalue weighted by atomic mass is 16.2. The number of amides is 1. The molecule has 0 bridgehead atoms. The normalized spacial score (nSPS) is 12.4. The SMILES string of the molecule is CC(N)CCNC(=O)Cn1cncn1. The molecule has 14 heavy (non-hydrogen) atoms. The minimum absolute atomic E-state index is 0.0730. The van der Waals surface area contributed by atoms with Gasteiger partial charge in [0.25, 0.3) is 0 Å². The van der Waals surface area contributed by atoms with Crippen molar-refractivity contribution >= 4 is 5.91 Å². The highest BCUT2D eigenvalue weighted by Gasteiger charge is 2.02. The number of nitrogens with one attached hydrogen (secondary N) is 1. The van der Waals surface area contributed by atoms with E-state index in [0.717, 1.165) is 6.42 Å². The van der Waals surface area contributed by atoms with Crippen molar-refractivity contribution in [3.05, 3.63) is 12.7 Å². The summed E-state index contributed by atoms with van der Waals surface area (Å²) in [6.45, 7) is 2.72. The van der Waals surface area contributed by atoms with E-state index in [1.54, 1.807) is 0 Å². The minimum atomic E-state index is -0.0730. The lowest BCUT2D eigenvalue weighted by Gasteiger charge is -2.06. The van der Waals surface area contributed by atoms with Gasteiger partial charge >= 0.3 is 0 Å². The van der Waals surface area contributed by atoms with Crippen LogP contribution >= 0.6 is 0 Å². The zero-order valence-corrected chi connectivity index (χ0v) is 8.18. The summed E-state index contributed by atoms with van der Waals surface area (Å²) in [5.74, 6) is -0.0730. The average molecular weight is 197 g/mol.